The lowest BCUT2D eigenvalue weighted by atomic mass is 9.96. The maximum absolute atomic E-state index is 12.3. The minimum absolute atomic E-state index is 0.0180. The number of carbonyl (C=O) groups is 1. The van der Waals surface area contributed by atoms with Gasteiger partial charge in [0, 0.05) is 24.0 Å². The third-order valence-corrected chi connectivity index (χ3v) is 5.58. The average molecular weight is 345 g/mol. The summed E-state index contributed by atoms with van der Waals surface area (Å²) in [6.45, 7) is 2.74. The number of sulfonamides is 1. The first-order chi connectivity index (χ1) is 10.3. The lowest BCUT2D eigenvalue weighted by molar-refractivity contribution is -0.126. The van der Waals surface area contributed by atoms with Crippen LogP contribution in [0.5, 0.6) is 0 Å². The summed E-state index contributed by atoms with van der Waals surface area (Å²) >= 11 is 5.85. The van der Waals surface area contributed by atoms with Crippen molar-refractivity contribution in [3.8, 4) is 0 Å². The fourth-order valence-corrected chi connectivity index (χ4v) is 3.62. The van der Waals surface area contributed by atoms with Gasteiger partial charge in [-0.05, 0) is 37.5 Å². The molecule has 0 saturated carbocycles. The molecule has 22 heavy (non-hydrogen) atoms. The number of carbonyl (C=O) groups excluding carboxylic acids is 1. The first-order valence-electron chi connectivity index (χ1n) is 7.28. The van der Waals surface area contributed by atoms with Crippen molar-refractivity contribution >= 4 is 27.5 Å². The number of halogens is 1. The molecule has 1 amide bonds. The van der Waals surface area contributed by atoms with Crippen molar-refractivity contribution in [3.63, 3.8) is 0 Å². The van der Waals surface area contributed by atoms with Gasteiger partial charge >= 0.3 is 0 Å². The van der Waals surface area contributed by atoms with E-state index in [1.54, 1.807) is 12.1 Å². The van der Waals surface area contributed by atoms with E-state index in [0.717, 1.165) is 5.56 Å². The minimum atomic E-state index is -3.16. The molecular formula is C15H21ClN2O3S. The molecule has 1 aliphatic heterocycles. The lowest BCUT2D eigenvalue weighted by Gasteiger charge is -2.30. The molecule has 1 aliphatic rings. The summed E-state index contributed by atoms with van der Waals surface area (Å²) in [4.78, 5) is 12.3. The molecule has 1 unspecified atom stereocenters. The van der Waals surface area contributed by atoms with Crippen LogP contribution in [-0.4, -0.2) is 38.0 Å². The van der Waals surface area contributed by atoms with Gasteiger partial charge in [0.05, 0.1) is 12.3 Å². The van der Waals surface area contributed by atoms with E-state index in [1.165, 1.54) is 10.6 Å². The summed E-state index contributed by atoms with van der Waals surface area (Å²) in [5, 5.41) is 3.65. The van der Waals surface area contributed by atoms with Gasteiger partial charge in [-0.2, -0.15) is 0 Å². The second-order valence-corrected chi connectivity index (χ2v) is 8.14. The molecule has 1 atom stereocenters. The molecular weight excluding hydrogens is 324 g/mol. The minimum Gasteiger partial charge on any atom is -0.349 e. The van der Waals surface area contributed by atoms with Crippen LogP contribution in [0.25, 0.3) is 0 Å². The molecule has 2 rings (SSSR count). The molecule has 0 bridgehead atoms. The molecule has 1 heterocycles. The maximum atomic E-state index is 12.3. The molecule has 0 spiro atoms. The van der Waals surface area contributed by atoms with Gasteiger partial charge in [-0.15, -0.1) is 0 Å². The van der Waals surface area contributed by atoms with Crippen LogP contribution in [0.3, 0.4) is 0 Å². The predicted octanol–water partition coefficient (Wildman–Crippen LogP) is 2.19. The number of nitrogens with zero attached hydrogens (tertiary/aromatic N) is 1. The summed E-state index contributed by atoms with van der Waals surface area (Å²) in [6.07, 6.45) is 2.33. The molecule has 0 aromatic heterocycles. The highest BCUT2D eigenvalue weighted by Gasteiger charge is 2.29. The Labute approximate surface area is 136 Å². The standard InChI is InChI=1S/C15H21ClN2O3S/c1-11(12-3-5-14(16)6-4-12)17-15(19)13-7-9-18(10-8-13)22(2,20)21/h3-6,11,13H,7-10H2,1-2H3,(H,17,19). The Hall–Kier alpha value is -1.11. The molecule has 1 aromatic rings. The number of rotatable bonds is 4. The van der Waals surface area contributed by atoms with Gasteiger partial charge in [-0.3, -0.25) is 4.79 Å². The monoisotopic (exact) mass is 344 g/mol. The number of hydrogen-bond donors (Lipinski definition) is 1. The summed E-state index contributed by atoms with van der Waals surface area (Å²) in [7, 11) is -3.16. The first-order valence-corrected chi connectivity index (χ1v) is 9.51. The van der Waals surface area contributed by atoms with Crippen molar-refractivity contribution in [1.29, 1.82) is 0 Å². The van der Waals surface area contributed by atoms with Crippen molar-refractivity contribution in [2.24, 2.45) is 5.92 Å². The second kappa shape index (κ2) is 6.98. The van der Waals surface area contributed by atoms with E-state index in [4.69, 9.17) is 11.6 Å². The molecule has 0 aliphatic carbocycles. The Kier molecular flexibility index (Phi) is 5.47. The number of piperidine rings is 1. The van der Waals surface area contributed by atoms with Crippen LogP contribution < -0.4 is 5.32 Å². The van der Waals surface area contributed by atoms with Crippen LogP contribution in [0.2, 0.25) is 5.02 Å². The molecule has 1 aromatic carbocycles. The van der Waals surface area contributed by atoms with Crippen molar-refractivity contribution in [1.82, 2.24) is 9.62 Å². The largest absolute Gasteiger partial charge is 0.349 e. The zero-order valence-corrected chi connectivity index (χ0v) is 14.3. The van der Waals surface area contributed by atoms with Gasteiger partial charge in [0.1, 0.15) is 0 Å². The Morgan fingerprint density at radius 3 is 2.32 bits per heavy atom. The van der Waals surface area contributed by atoms with E-state index in [0.29, 0.717) is 31.0 Å². The first kappa shape index (κ1) is 17.2. The van der Waals surface area contributed by atoms with Crippen LogP contribution in [0, 0.1) is 5.92 Å². The Balaban J connectivity index is 1.89. The van der Waals surface area contributed by atoms with Gasteiger partial charge in [0.15, 0.2) is 0 Å². The van der Waals surface area contributed by atoms with Crippen LogP contribution in [0.1, 0.15) is 31.4 Å². The predicted molar refractivity (Wildman–Crippen MR) is 87.2 cm³/mol. The van der Waals surface area contributed by atoms with E-state index in [2.05, 4.69) is 5.32 Å². The topological polar surface area (TPSA) is 66.5 Å². The van der Waals surface area contributed by atoms with Crippen LogP contribution in [0.15, 0.2) is 24.3 Å². The van der Waals surface area contributed by atoms with E-state index < -0.39 is 10.0 Å². The van der Waals surface area contributed by atoms with E-state index >= 15 is 0 Å². The second-order valence-electron chi connectivity index (χ2n) is 5.72. The summed E-state index contributed by atoms with van der Waals surface area (Å²) in [6, 6.07) is 7.27. The van der Waals surface area contributed by atoms with Crippen LogP contribution >= 0.6 is 11.6 Å². The zero-order valence-electron chi connectivity index (χ0n) is 12.8. The van der Waals surface area contributed by atoms with Crippen LogP contribution in [-0.2, 0) is 14.8 Å². The van der Waals surface area contributed by atoms with Crippen LogP contribution in [0.4, 0.5) is 0 Å². The normalized spacial score (nSPS) is 18.9. The Morgan fingerprint density at radius 2 is 1.82 bits per heavy atom. The Morgan fingerprint density at radius 1 is 1.27 bits per heavy atom. The summed E-state index contributed by atoms with van der Waals surface area (Å²) in [5.41, 5.74) is 0.992. The maximum Gasteiger partial charge on any atom is 0.223 e. The number of amides is 1. The lowest BCUT2D eigenvalue weighted by Crippen LogP contribution is -2.43. The SMILES string of the molecule is CC(NC(=O)C1CCN(S(C)(=O)=O)CC1)c1ccc(Cl)cc1. The van der Waals surface area contributed by atoms with Crippen molar-refractivity contribution < 1.29 is 13.2 Å². The highest BCUT2D eigenvalue weighted by molar-refractivity contribution is 7.88. The highest BCUT2D eigenvalue weighted by Crippen LogP contribution is 2.21. The van der Waals surface area contributed by atoms with Gasteiger partial charge < -0.3 is 5.32 Å². The number of benzene rings is 1. The van der Waals surface area contributed by atoms with Crippen molar-refractivity contribution in [3.05, 3.63) is 34.9 Å². The smallest absolute Gasteiger partial charge is 0.223 e. The summed E-state index contributed by atoms with van der Waals surface area (Å²) < 4.78 is 24.4. The highest BCUT2D eigenvalue weighted by atomic mass is 35.5. The van der Waals surface area contributed by atoms with Gasteiger partial charge in [0.2, 0.25) is 15.9 Å². The third-order valence-electron chi connectivity index (χ3n) is 4.02. The molecule has 7 heteroatoms. The van der Waals surface area contributed by atoms with Gasteiger partial charge in [0.25, 0.3) is 0 Å². The zero-order chi connectivity index (χ0) is 16.3. The number of hydrogen-bond acceptors (Lipinski definition) is 3. The number of nitrogens with one attached hydrogen (secondary N) is 1. The fraction of sp³-hybridized carbons (Fsp3) is 0.533. The quantitative estimate of drug-likeness (QED) is 0.910. The molecule has 1 N–H and O–H groups in total. The molecule has 5 nitrogen and oxygen atoms in total. The van der Waals surface area contributed by atoms with Crippen molar-refractivity contribution in [2.75, 3.05) is 19.3 Å². The van der Waals surface area contributed by atoms with E-state index in [1.807, 2.05) is 19.1 Å². The fourth-order valence-electron chi connectivity index (χ4n) is 2.62. The molecule has 0 radical (unpaired) electrons. The van der Waals surface area contributed by atoms with Gasteiger partial charge in [-0.25, -0.2) is 12.7 Å². The summed E-state index contributed by atoms with van der Waals surface area (Å²) in [5.74, 6) is -0.150. The van der Waals surface area contributed by atoms with E-state index in [9.17, 15) is 13.2 Å². The van der Waals surface area contributed by atoms with Crippen molar-refractivity contribution in [2.45, 2.75) is 25.8 Å². The Bertz CT molecular complexity index is 623. The van der Waals surface area contributed by atoms with Gasteiger partial charge in [-0.1, -0.05) is 23.7 Å². The van der Waals surface area contributed by atoms with E-state index in [-0.39, 0.29) is 17.9 Å². The third kappa shape index (κ3) is 4.44. The molecule has 1 saturated heterocycles. The molecule has 122 valence electrons. The molecule has 1 fully saturated rings. The average Bonchev–Trinajstić information content (AvgIpc) is 2.47.